The number of fused-ring (bicyclic) bond motifs is 1. The first-order chi connectivity index (χ1) is 10.6. The number of hydrogen-bond acceptors (Lipinski definition) is 5. The molecule has 1 aliphatic heterocycles. The SMILES string of the molecule is CCOC(=O)CCN1C(=O)COc2ccc(C(=O)CCl)cc21. The summed E-state index contributed by atoms with van der Waals surface area (Å²) >= 11 is 5.55. The maximum absolute atomic E-state index is 12.0. The van der Waals surface area contributed by atoms with Crippen molar-refractivity contribution in [2.45, 2.75) is 13.3 Å². The molecule has 7 heteroatoms. The molecule has 1 aromatic rings. The van der Waals surface area contributed by atoms with Gasteiger partial charge in [0, 0.05) is 12.1 Å². The molecule has 0 aromatic heterocycles. The predicted octanol–water partition coefficient (Wildman–Crippen LogP) is 1.79. The van der Waals surface area contributed by atoms with Crippen molar-refractivity contribution in [2.75, 3.05) is 30.5 Å². The van der Waals surface area contributed by atoms with Crippen LogP contribution in [0.15, 0.2) is 18.2 Å². The van der Waals surface area contributed by atoms with Gasteiger partial charge in [-0.1, -0.05) is 0 Å². The molecule has 0 fully saturated rings. The summed E-state index contributed by atoms with van der Waals surface area (Å²) in [6, 6.07) is 4.78. The minimum atomic E-state index is -0.378. The zero-order valence-electron chi connectivity index (χ0n) is 12.1. The van der Waals surface area contributed by atoms with E-state index in [1.165, 1.54) is 4.90 Å². The third kappa shape index (κ3) is 3.57. The molecule has 0 radical (unpaired) electrons. The Morgan fingerprint density at radius 2 is 2.18 bits per heavy atom. The number of ketones is 1. The molecule has 1 aliphatic rings. The Hall–Kier alpha value is -2.08. The first-order valence-corrected chi connectivity index (χ1v) is 7.42. The average Bonchev–Trinajstić information content (AvgIpc) is 2.53. The number of anilines is 1. The van der Waals surface area contributed by atoms with Crippen molar-refractivity contribution < 1.29 is 23.9 Å². The number of nitrogens with zero attached hydrogens (tertiary/aromatic N) is 1. The molecule has 0 unspecified atom stereocenters. The Balaban J connectivity index is 2.22. The van der Waals surface area contributed by atoms with Gasteiger partial charge in [0.25, 0.3) is 5.91 Å². The van der Waals surface area contributed by atoms with Crippen molar-refractivity contribution in [1.82, 2.24) is 0 Å². The van der Waals surface area contributed by atoms with E-state index in [2.05, 4.69) is 0 Å². The molecule has 0 saturated heterocycles. The highest BCUT2D eigenvalue weighted by molar-refractivity contribution is 6.30. The monoisotopic (exact) mass is 325 g/mol. The van der Waals surface area contributed by atoms with Gasteiger partial charge in [-0.2, -0.15) is 0 Å². The van der Waals surface area contributed by atoms with Crippen LogP contribution in [0, 0.1) is 0 Å². The van der Waals surface area contributed by atoms with Crippen LogP contribution in [0.4, 0.5) is 5.69 Å². The molecule has 1 heterocycles. The van der Waals surface area contributed by atoms with Gasteiger partial charge < -0.3 is 14.4 Å². The Morgan fingerprint density at radius 3 is 2.86 bits per heavy atom. The minimum absolute atomic E-state index is 0.0761. The smallest absolute Gasteiger partial charge is 0.307 e. The van der Waals surface area contributed by atoms with Crippen molar-refractivity contribution in [2.24, 2.45) is 0 Å². The molecule has 1 aromatic carbocycles. The first-order valence-electron chi connectivity index (χ1n) is 6.88. The lowest BCUT2D eigenvalue weighted by molar-refractivity contribution is -0.142. The normalized spacial score (nSPS) is 13.4. The van der Waals surface area contributed by atoms with Crippen LogP contribution in [-0.2, 0) is 14.3 Å². The van der Waals surface area contributed by atoms with Gasteiger partial charge in [-0.15, -0.1) is 11.6 Å². The number of Topliss-reactive ketones (excluding diaryl/α,β-unsaturated/α-hetero) is 1. The second-order valence-electron chi connectivity index (χ2n) is 4.63. The van der Waals surface area contributed by atoms with E-state index in [-0.39, 0.29) is 43.1 Å². The molecular formula is C15H16ClNO5. The maximum Gasteiger partial charge on any atom is 0.307 e. The molecule has 0 aliphatic carbocycles. The van der Waals surface area contributed by atoms with Gasteiger partial charge in [-0.25, -0.2) is 0 Å². The van der Waals surface area contributed by atoms with E-state index in [1.54, 1.807) is 25.1 Å². The summed E-state index contributed by atoms with van der Waals surface area (Å²) < 4.78 is 10.2. The van der Waals surface area contributed by atoms with Gasteiger partial charge in [0.15, 0.2) is 12.4 Å². The number of hydrogen-bond donors (Lipinski definition) is 0. The summed E-state index contributed by atoms with van der Waals surface area (Å²) in [6.45, 7) is 2.09. The fourth-order valence-electron chi connectivity index (χ4n) is 2.13. The minimum Gasteiger partial charge on any atom is -0.482 e. The molecular weight excluding hydrogens is 310 g/mol. The molecule has 0 N–H and O–H groups in total. The molecule has 118 valence electrons. The van der Waals surface area contributed by atoms with Crippen molar-refractivity contribution in [3.05, 3.63) is 23.8 Å². The van der Waals surface area contributed by atoms with Crippen LogP contribution in [0.2, 0.25) is 0 Å². The van der Waals surface area contributed by atoms with Crippen molar-refractivity contribution in [3.63, 3.8) is 0 Å². The van der Waals surface area contributed by atoms with Crippen LogP contribution in [0.25, 0.3) is 0 Å². The van der Waals surface area contributed by atoms with E-state index in [4.69, 9.17) is 21.1 Å². The fourth-order valence-corrected chi connectivity index (χ4v) is 2.29. The highest BCUT2D eigenvalue weighted by Crippen LogP contribution is 2.33. The van der Waals surface area contributed by atoms with Crippen LogP contribution in [0.1, 0.15) is 23.7 Å². The van der Waals surface area contributed by atoms with E-state index in [9.17, 15) is 14.4 Å². The number of carbonyl (C=O) groups is 3. The summed E-state index contributed by atoms with van der Waals surface area (Å²) in [6.07, 6.45) is 0.0761. The second-order valence-corrected chi connectivity index (χ2v) is 4.90. The third-order valence-electron chi connectivity index (χ3n) is 3.19. The number of halogens is 1. The molecule has 2 rings (SSSR count). The Morgan fingerprint density at radius 1 is 1.41 bits per heavy atom. The van der Waals surface area contributed by atoms with Gasteiger partial charge in [0.1, 0.15) is 5.75 Å². The summed E-state index contributed by atoms with van der Waals surface area (Å²) in [7, 11) is 0. The van der Waals surface area contributed by atoms with Crippen molar-refractivity contribution in [1.29, 1.82) is 0 Å². The van der Waals surface area contributed by atoms with Crippen LogP contribution < -0.4 is 9.64 Å². The number of carbonyl (C=O) groups excluding carboxylic acids is 3. The molecule has 1 amide bonds. The Labute approximate surface area is 132 Å². The van der Waals surface area contributed by atoms with Gasteiger partial charge in [0.2, 0.25) is 0 Å². The van der Waals surface area contributed by atoms with E-state index < -0.39 is 0 Å². The summed E-state index contributed by atoms with van der Waals surface area (Å²) in [5.74, 6) is -0.540. The summed E-state index contributed by atoms with van der Waals surface area (Å²) in [5.41, 5.74) is 0.865. The number of ether oxygens (including phenoxy) is 2. The topological polar surface area (TPSA) is 72.9 Å². The highest BCUT2D eigenvalue weighted by atomic mass is 35.5. The van der Waals surface area contributed by atoms with Crippen LogP contribution in [0.3, 0.4) is 0 Å². The molecule has 22 heavy (non-hydrogen) atoms. The number of benzene rings is 1. The highest BCUT2D eigenvalue weighted by Gasteiger charge is 2.27. The molecule has 0 saturated carbocycles. The lowest BCUT2D eigenvalue weighted by Gasteiger charge is -2.29. The largest absolute Gasteiger partial charge is 0.482 e. The second kappa shape index (κ2) is 7.26. The number of rotatable bonds is 6. The zero-order valence-corrected chi connectivity index (χ0v) is 12.9. The summed E-state index contributed by atoms with van der Waals surface area (Å²) in [5, 5.41) is 0. The standard InChI is InChI=1S/C15H16ClNO5/c1-2-21-15(20)5-6-17-11-7-10(12(18)8-16)3-4-13(11)22-9-14(17)19/h3-4,7H,2,5-6,8-9H2,1H3. The van der Waals surface area contributed by atoms with E-state index in [0.717, 1.165) is 0 Å². The van der Waals surface area contributed by atoms with Crippen molar-refractivity contribution in [3.8, 4) is 5.75 Å². The number of amides is 1. The van der Waals surface area contributed by atoms with Crippen LogP contribution in [-0.4, -0.2) is 43.3 Å². The van der Waals surface area contributed by atoms with E-state index in [0.29, 0.717) is 23.6 Å². The lowest BCUT2D eigenvalue weighted by Crippen LogP contribution is -2.40. The lowest BCUT2D eigenvalue weighted by atomic mass is 10.1. The molecule has 6 nitrogen and oxygen atoms in total. The predicted molar refractivity (Wildman–Crippen MR) is 80.6 cm³/mol. The van der Waals surface area contributed by atoms with Gasteiger partial charge >= 0.3 is 5.97 Å². The Bertz CT molecular complexity index is 602. The Kier molecular flexibility index (Phi) is 5.38. The van der Waals surface area contributed by atoms with Gasteiger partial charge in [-0.3, -0.25) is 14.4 Å². The van der Waals surface area contributed by atoms with Crippen LogP contribution in [0.5, 0.6) is 5.75 Å². The average molecular weight is 326 g/mol. The van der Waals surface area contributed by atoms with Gasteiger partial charge in [-0.05, 0) is 25.1 Å². The quantitative estimate of drug-likeness (QED) is 0.453. The first kappa shape index (κ1) is 16.3. The van der Waals surface area contributed by atoms with Gasteiger partial charge in [0.05, 0.1) is 24.6 Å². The van der Waals surface area contributed by atoms with E-state index >= 15 is 0 Å². The maximum atomic E-state index is 12.0. The summed E-state index contributed by atoms with van der Waals surface area (Å²) in [4.78, 5) is 36.6. The fraction of sp³-hybridized carbons (Fsp3) is 0.400. The van der Waals surface area contributed by atoms with Crippen LogP contribution >= 0.6 is 11.6 Å². The van der Waals surface area contributed by atoms with Crippen molar-refractivity contribution >= 4 is 34.9 Å². The third-order valence-corrected chi connectivity index (χ3v) is 3.43. The molecule has 0 bridgehead atoms. The van der Waals surface area contributed by atoms with E-state index in [1.807, 2.05) is 0 Å². The number of alkyl halides is 1. The zero-order chi connectivity index (χ0) is 16.1. The molecule has 0 atom stereocenters. The number of esters is 1. The molecule has 0 spiro atoms.